The van der Waals surface area contributed by atoms with Crippen molar-refractivity contribution >= 4 is 18.0 Å². The zero-order chi connectivity index (χ0) is 17.9. The molecule has 6 nitrogen and oxygen atoms in total. The molecule has 0 aromatic carbocycles. The molecular formula is C18H26N2O4. The fourth-order valence-corrected chi connectivity index (χ4v) is 2.54. The molecule has 1 aliphatic heterocycles. The van der Waals surface area contributed by atoms with Crippen LogP contribution in [0, 0.1) is 19.3 Å². The lowest BCUT2D eigenvalue weighted by Crippen LogP contribution is -2.25. The van der Waals surface area contributed by atoms with Gasteiger partial charge in [-0.3, -0.25) is 4.79 Å². The van der Waals surface area contributed by atoms with E-state index in [0.29, 0.717) is 0 Å². The summed E-state index contributed by atoms with van der Waals surface area (Å²) < 4.78 is 12.5. The molecule has 1 aromatic heterocycles. The lowest BCUT2D eigenvalue weighted by Gasteiger charge is -2.24. The van der Waals surface area contributed by atoms with Crippen LogP contribution in [0.4, 0.5) is 0 Å². The van der Waals surface area contributed by atoms with Crippen molar-refractivity contribution in [2.75, 3.05) is 6.61 Å². The average Bonchev–Trinajstić information content (AvgIpc) is 2.80. The Balaban J connectivity index is 2.10. The first kappa shape index (κ1) is 18.4. The molecule has 0 radical (unpaired) electrons. The first-order chi connectivity index (χ1) is 11.2. The molecule has 24 heavy (non-hydrogen) atoms. The number of aromatic nitrogens is 2. The molecule has 0 N–H and O–H groups in total. The standard InChI is InChI=1S/C18H26N2O4/c1-12-14(9-10-16(21)24-17(22)18(3,4)5)13(2)20(19-12)15-8-6-7-11-23-15/h9-10,15H,6-8,11H2,1-5H3/b10-9+. The van der Waals surface area contributed by atoms with Crippen molar-refractivity contribution in [3.05, 3.63) is 23.0 Å². The summed E-state index contributed by atoms with van der Waals surface area (Å²) in [6.45, 7) is 9.69. The number of hydrogen-bond donors (Lipinski definition) is 0. The largest absolute Gasteiger partial charge is 0.389 e. The summed E-state index contributed by atoms with van der Waals surface area (Å²) in [6, 6.07) is 0. The Bertz CT molecular complexity index is 647. The molecule has 0 aliphatic carbocycles. The van der Waals surface area contributed by atoms with E-state index in [1.165, 1.54) is 6.08 Å². The Morgan fingerprint density at radius 2 is 2.00 bits per heavy atom. The second-order valence-corrected chi connectivity index (χ2v) is 7.14. The topological polar surface area (TPSA) is 70.4 Å². The predicted octanol–water partition coefficient (Wildman–Crippen LogP) is 3.33. The molecule has 0 amide bonds. The summed E-state index contributed by atoms with van der Waals surface area (Å²) in [6.07, 6.45) is 6.01. The van der Waals surface area contributed by atoms with Crippen LogP contribution in [-0.2, 0) is 19.1 Å². The van der Waals surface area contributed by atoms with E-state index in [-0.39, 0.29) is 6.23 Å². The molecule has 1 fully saturated rings. The van der Waals surface area contributed by atoms with Crippen LogP contribution in [0.2, 0.25) is 0 Å². The monoisotopic (exact) mass is 334 g/mol. The molecule has 1 aromatic rings. The van der Waals surface area contributed by atoms with Gasteiger partial charge in [0.1, 0.15) is 6.23 Å². The van der Waals surface area contributed by atoms with Gasteiger partial charge in [0, 0.05) is 23.9 Å². The van der Waals surface area contributed by atoms with Gasteiger partial charge < -0.3 is 9.47 Å². The fourth-order valence-electron chi connectivity index (χ4n) is 2.54. The van der Waals surface area contributed by atoms with E-state index >= 15 is 0 Å². The third kappa shape index (κ3) is 4.32. The highest BCUT2D eigenvalue weighted by molar-refractivity contribution is 5.96. The Hall–Kier alpha value is -1.95. The molecule has 0 saturated carbocycles. The zero-order valence-electron chi connectivity index (χ0n) is 15.1. The maximum absolute atomic E-state index is 11.8. The highest BCUT2D eigenvalue weighted by atomic mass is 16.6. The molecule has 0 spiro atoms. The van der Waals surface area contributed by atoms with Gasteiger partial charge in [-0.15, -0.1) is 0 Å². The molecule has 1 saturated heterocycles. The van der Waals surface area contributed by atoms with Crippen molar-refractivity contribution in [2.45, 2.75) is 60.1 Å². The lowest BCUT2D eigenvalue weighted by molar-refractivity contribution is -0.162. The van der Waals surface area contributed by atoms with Crippen LogP contribution in [-0.4, -0.2) is 28.3 Å². The van der Waals surface area contributed by atoms with Gasteiger partial charge in [-0.2, -0.15) is 5.10 Å². The maximum atomic E-state index is 11.8. The summed E-state index contributed by atoms with van der Waals surface area (Å²) >= 11 is 0. The van der Waals surface area contributed by atoms with Gasteiger partial charge in [0.25, 0.3) is 0 Å². The molecule has 6 heteroatoms. The Labute approximate surface area is 142 Å². The number of nitrogens with zero attached hydrogens (tertiary/aromatic N) is 2. The van der Waals surface area contributed by atoms with Crippen LogP contribution >= 0.6 is 0 Å². The molecule has 1 atom stereocenters. The minimum Gasteiger partial charge on any atom is -0.389 e. The molecule has 0 bridgehead atoms. The molecule has 2 heterocycles. The molecule has 1 aliphatic rings. The summed E-state index contributed by atoms with van der Waals surface area (Å²) in [5.74, 6) is -1.22. The minimum atomic E-state index is -0.710. The van der Waals surface area contributed by atoms with Crippen molar-refractivity contribution in [3.63, 3.8) is 0 Å². The number of aryl methyl sites for hydroxylation is 1. The van der Waals surface area contributed by atoms with Gasteiger partial charge in [-0.1, -0.05) is 0 Å². The molecular weight excluding hydrogens is 308 g/mol. The Morgan fingerprint density at radius 3 is 2.58 bits per heavy atom. The van der Waals surface area contributed by atoms with Crippen molar-refractivity contribution < 1.29 is 19.1 Å². The van der Waals surface area contributed by atoms with E-state index in [1.54, 1.807) is 26.8 Å². The van der Waals surface area contributed by atoms with E-state index in [9.17, 15) is 9.59 Å². The lowest BCUT2D eigenvalue weighted by atomic mass is 9.97. The second kappa shape index (κ2) is 7.30. The van der Waals surface area contributed by atoms with Crippen LogP contribution < -0.4 is 0 Å². The fraction of sp³-hybridized carbons (Fsp3) is 0.611. The zero-order valence-corrected chi connectivity index (χ0v) is 15.1. The van der Waals surface area contributed by atoms with Crippen molar-refractivity contribution in [2.24, 2.45) is 5.41 Å². The van der Waals surface area contributed by atoms with E-state index in [2.05, 4.69) is 5.10 Å². The number of carbonyl (C=O) groups is 2. The summed E-state index contributed by atoms with van der Waals surface area (Å²) in [4.78, 5) is 23.5. The van der Waals surface area contributed by atoms with Gasteiger partial charge in [-0.25, -0.2) is 9.48 Å². The van der Waals surface area contributed by atoms with Gasteiger partial charge in [0.15, 0.2) is 0 Å². The third-order valence-electron chi connectivity index (χ3n) is 4.00. The SMILES string of the molecule is Cc1nn(C2CCCCO2)c(C)c1/C=C/C(=O)OC(=O)C(C)(C)C. The quantitative estimate of drug-likeness (QED) is 0.482. The van der Waals surface area contributed by atoms with Crippen LogP contribution in [0.1, 0.15) is 63.2 Å². The van der Waals surface area contributed by atoms with E-state index in [1.807, 2.05) is 18.5 Å². The summed E-state index contributed by atoms with van der Waals surface area (Å²) in [5.41, 5.74) is 1.89. The second-order valence-electron chi connectivity index (χ2n) is 7.14. The van der Waals surface area contributed by atoms with Gasteiger partial charge in [0.05, 0.1) is 11.1 Å². The number of ether oxygens (including phenoxy) is 2. The highest BCUT2D eigenvalue weighted by Gasteiger charge is 2.25. The number of carbonyl (C=O) groups excluding carboxylic acids is 2. The number of rotatable bonds is 3. The molecule has 132 valence electrons. The van der Waals surface area contributed by atoms with Crippen LogP contribution in [0.15, 0.2) is 6.08 Å². The highest BCUT2D eigenvalue weighted by Crippen LogP contribution is 2.26. The first-order valence-electron chi connectivity index (χ1n) is 8.32. The van der Waals surface area contributed by atoms with Crippen LogP contribution in [0.25, 0.3) is 6.08 Å². The number of hydrogen-bond acceptors (Lipinski definition) is 5. The van der Waals surface area contributed by atoms with E-state index in [0.717, 1.165) is 42.8 Å². The van der Waals surface area contributed by atoms with Crippen LogP contribution in [0.5, 0.6) is 0 Å². The Kier molecular flexibility index (Phi) is 5.59. The summed E-state index contributed by atoms with van der Waals surface area (Å²) in [5, 5.41) is 4.53. The molecule has 2 rings (SSSR count). The first-order valence-corrected chi connectivity index (χ1v) is 8.32. The predicted molar refractivity (Wildman–Crippen MR) is 90.1 cm³/mol. The van der Waals surface area contributed by atoms with Gasteiger partial charge in [-0.05, 0) is 60.0 Å². The van der Waals surface area contributed by atoms with Gasteiger partial charge >= 0.3 is 11.9 Å². The maximum Gasteiger partial charge on any atom is 0.338 e. The third-order valence-corrected chi connectivity index (χ3v) is 4.00. The van der Waals surface area contributed by atoms with Crippen LogP contribution in [0.3, 0.4) is 0 Å². The van der Waals surface area contributed by atoms with E-state index in [4.69, 9.17) is 9.47 Å². The van der Waals surface area contributed by atoms with Crippen molar-refractivity contribution in [1.29, 1.82) is 0 Å². The van der Waals surface area contributed by atoms with Gasteiger partial charge in [0.2, 0.25) is 0 Å². The van der Waals surface area contributed by atoms with Crippen molar-refractivity contribution in [1.82, 2.24) is 9.78 Å². The smallest absolute Gasteiger partial charge is 0.338 e. The normalized spacial score (nSPS) is 18.8. The minimum absolute atomic E-state index is 0.0472. The Morgan fingerprint density at radius 1 is 1.29 bits per heavy atom. The van der Waals surface area contributed by atoms with Crippen molar-refractivity contribution in [3.8, 4) is 0 Å². The number of esters is 2. The molecule has 1 unspecified atom stereocenters. The average molecular weight is 334 g/mol. The van der Waals surface area contributed by atoms with E-state index < -0.39 is 17.4 Å². The summed E-state index contributed by atoms with van der Waals surface area (Å²) in [7, 11) is 0.